The van der Waals surface area contributed by atoms with Crippen molar-refractivity contribution in [1.29, 1.82) is 0 Å². The van der Waals surface area contributed by atoms with Gasteiger partial charge in [0.2, 0.25) is 5.95 Å². The van der Waals surface area contributed by atoms with Gasteiger partial charge in [0.05, 0.1) is 22.9 Å². The first-order valence-electron chi connectivity index (χ1n) is 10.8. The van der Waals surface area contributed by atoms with Gasteiger partial charge < -0.3 is 4.90 Å². The number of hydrogen-bond donors (Lipinski definition) is 1. The minimum Gasteiger partial charge on any atom is -0.341 e. The lowest BCUT2D eigenvalue weighted by Gasteiger charge is -2.32. The van der Waals surface area contributed by atoms with Crippen LogP contribution in [0.2, 0.25) is 5.02 Å². The average Bonchev–Trinajstić information content (AvgIpc) is 3.43. The second kappa shape index (κ2) is 7.94. The first kappa shape index (κ1) is 18.9. The molecule has 29 heavy (non-hydrogen) atoms. The number of rotatable bonds is 6. The van der Waals surface area contributed by atoms with E-state index in [4.69, 9.17) is 11.6 Å². The lowest BCUT2D eigenvalue weighted by molar-refractivity contribution is 0.341. The third-order valence-corrected chi connectivity index (χ3v) is 7.06. The van der Waals surface area contributed by atoms with E-state index in [2.05, 4.69) is 50.2 Å². The Balaban J connectivity index is 1.07. The number of aryl methyl sites for hydroxylation is 2. The van der Waals surface area contributed by atoms with Gasteiger partial charge in [0.15, 0.2) is 0 Å². The second-order valence-corrected chi connectivity index (χ2v) is 9.21. The molecule has 5 nitrogen and oxygen atoms in total. The molecule has 1 aliphatic heterocycles. The van der Waals surface area contributed by atoms with E-state index in [1.807, 2.05) is 0 Å². The Kier molecular flexibility index (Phi) is 5.17. The van der Waals surface area contributed by atoms with Gasteiger partial charge in [-0.25, -0.2) is 9.97 Å². The molecule has 2 fully saturated rings. The standard InChI is InChI=1S/C23H28ClN5/c1-15-20-11-16(5-6-22(20)28-27-15)3-2-4-18-12-21(18)17-7-9-29(10-8-17)23-25-13-19(24)14-26-23/h5-6,11,13-14,17-18,21H,2-4,7-10,12H2,1H3,(H,27,28)/t18-,21-/m1/s1. The highest BCUT2D eigenvalue weighted by atomic mass is 35.5. The summed E-state index contributed by atoms with van der Waals surface area (Å²) in [5.74, 6) is 3.60. The molecule has 2 atom stereocenters. The third kappa shape index (κ3) is 4.11. The number of nitrogens with zero attached hydrogens (tertiary/aromatic N) is 4. The quantitative estimate of drug-likeness (QED) is 0.608. The molecule has 1 saturated carbocycles. The van der Waals surface area contributed by atoms with Crippen molar-refractivity contribution in [2.24, 2.45) is 17.8 Å². The molecule has 2 aromatic heterocycles. The van der Waals surface area contributed by atoms with Crippen LogP contribution in [-0.2, 0) is 6.42 Å². The predicted octanol–water partition coefficient (Wildman–Crippen LogP) is 5.19. The molecule has 1 saturated heterocycles. The predicted molar refractivity (Wildman–Crippen MR) is 117 cm³/mol. The van der Waals surface area contributed by atoms with Crippen molar-refractivity contribution in [2.45, 2.75) is 45.4 Å². The van der Waals surface area contributed by atoms with E-state index in [1.165, 1.54) is 55.2 Å². The van der Waals surface area contributed by atoms with Gasteiger partial charge in [-0.1, -0.05) is 17.7 Å². The molecule has 0 spiro atoms. The summed E-state index contributed by atoms with van der Waals surface area (Å²) in [6.07, 6.45) is 11.2. The van der Waals surface area contributed by atoms with Gasteiger partial charge in [0, 0.05) is 24.2 Å². The molecule has 0 unspecified atom stereocenters. The summed E-state index contributed by atoms with van der Waals surface area (Å²) in [5.41, 5.74) is 3.68. The Labute approximate surface area is 176 Å². The van der Waals surface area contributed by atoms with Crippen LogP contribution < -0.4 is 4.90 Å². The van der Waals surface area contributed by atoms with E-state index in [0.717, 1.165) is 42.3 Å². The summed E-state index contributed by atoms with van der Waals surface area (Å²) in [6.45, 7) is 4.23. The molecular weight excluding hydrogens is 382 g/mol. The van der Waals surface area contributed by atoms with Crippen molar-refractivity contribution in [1.82, 2.24) is 20.2 Å². The molecule has 0 amide bonds. The number of hydrogen-bond acceptors (Lipinski definition) is 4. The number of piperidine rings is 1. The first-order chi connectivity index (χ1) is 14.2. The van der Waals surface area contributed by atoms with Gasteiger partial charge in [0.25, 0.3) is 0 Å². The summed E-state index contributed by atoms with van der Waals surface area (Å²) in [6, 6.07) is 6.70. The van der Waals surface area contributed by atoms with Gasteiger partial charge in [-0.2, -0.15) is 5.10 Å². The fourth-order valence-corrected chi connectivity index (χ4v) is 5.18. The summed E-state index contributed by atoms with van der Waals surface area (Å²) in [5, 5.41) is 9.27. The number of fused-ring (bicyclic) bond motifs is 1. The first-order valence-corrected chi connectivity index (χ1v) is 11.2. The molecular formula is C23H28ClN5. The molecule has 3 heterocycles. The normalized spacial score (nSPS) is 22.3. The molecule has 152 valence electrons. The van der Waals surface area contributed by atoms with Crippen LogP contribution in [0, 0.1) is 24.7 Å². The highest BCUT2D eigenvalue weighted by Gasteiger charge is 2.42. The summed E-state index contributed by atoms with van der Waals surface area (Å²) in [7, 11) is 0. The third-order valence-electron chi connectivity index (χ3n) is 6.86. The number of aromatic nitrogens is 4. The summed E-state index contributed by atoms with van der Waals surface area (Å²) >= 11 is 5.90. The largest absolute Gasteiger partial charge is 0.341 e. The smallest absolute Gasteiger partial charge is 0.225 e. The molecule has 0 radical (unpaired) electrons. The van der Waals surface area contributed by atoms with Gasteiger partial charge in [-0.3, -0.25) is 5.10 Å². The van der Waals surface area contributed by atoms with Crippen LogP contribution in [0.4, 0.5) is 5.95 Å². The van der Waals surface area contributed by atoms with E-state index in [-0.39, 0.29) is 0 Å². The van der Waals surface area contributed by atoms with Gasteiger partial charge in [-0.15, -0.1) is 0 Å². The Bertz CT molecular complexity index is 975. The SMILES string of the molecule is Cc1[nH]nc2ccc(CCC[C@@H]3C[C@@H]3C3CCN(c4ncc(Cl)cn4)CC3)cc12. The molecule has 1 aliphatic carbocycles. The maximum atomic E-state index is 5.90. The Morgan fingerprint density at radius 1 is 1.17 bits per heavy atom. The highest BCUT2D eigenvalue weighted by molar-refractivity contribution is 6.30. The maximum absolute atomic E-state index is 5.90. The number of nitrogens with one attached hydrogen (secondary N) is 1. The minimum atomic E-state index is 0.601. The zero-order chi connectivity index (χ0) is 19.8. The minimum absolute atomic E-state index is 0.601. The van der Waals surface area contributed by atoms with Crippen LogP contribution >= 0.6 is 11.6 Å². The van der Waals surface area contributed by atoms with Crippen LogP contribution in [-0.4, -0.2) is 33.3 Å². The number of H-pyrrole nitrogens is 1. The fraction of sp³-hybridized carbons (Fsp3) is 0.522. The van der Waals surface area contributed by atoms with Crippen LogP contribution in [0.1, 0.15) is 43.4 Å². The average molecular weight is 410 g/mol. The van der Waals surface area contributed by atoms with Crippen molar-refractivity contribution in [3.8, 4) is 0 Å². The van der Waals surface area contributed by atoms with E-state index in [0.29, 0.717) is 5.02 Å². The lowest BCUT2D eigenvalue weighted by atomic mass is 9.90. The molecule has 1 aromatic carbocycles. The van der Waals surface area contributed by atoms with Crippen LogP contribution in [0.15, 0.2) is 30.6 Å². The zero-order valence-electron chi connectivity index (χ0n) is 16.9. The maximum Gasteiger partial charge on any atom is 0.225 e. The Morgan fingerprint density at radius 2 is 1.97 bits per heavy atom. The number of benzene rings is 1. The van der Waals surface area contributed by atoms with E-state index in [1.54, 1.807) is 12.4 Å². The van der Waals surface area contributed by atoms with Gasteiger partial charge >= 0.3 is 0 Å². The van der Waals surface area contributed by atoms with E-state index >= 15 is 0 Å². The number of halogens is 1. The molecule has 0 bridgehead atoms. The van der Waals surface area contributed by atoms with Crippen LogP contribution in [0.25, 0.3) is 10.9 Å². The second-order valence-electron chi connectivity index (χ2n) is 8.78. The highest BCUT2D eigenvalue weighted by Crippen LogP contribution is 2.50. The van der Waals surface area contributed by atoms with E-state index in [9.17, 15) is 0 Å². The molecule has 3 aromatic rings. The van der Waals surface area contributed by atoms with E-state index < -0.39 is 0 Å². The van der Waals surface area contributed by atoms with Crippen molar-refractivity contribution in [3.05, 3.63) is 46.9 Å². The molecule has 1 N–H and O–H groups in total. The zero-order valence-corrected chi connectivity index (χ0v) is 17.7. The summed E-state index contributed by atoms with van der Waals surface area (Å²) in [4.78, 5) is 11.0. The Hall–Kier alpha value is -2.14. The Morgan fingerprint density at radius 3 is 2.76 bits per heavy atom. The fourth-order valence-electron chi connectivity index (χ4n) is 5.09. The van der Waals surface area contributed by atoms with Gasteiger partial charge in [0.1, 0.15) is 0 Å². The molecule has 2 aliphatic rings. The van der Waals surface area contributed by atoms with Crippen LogP contribution in [0.3, 0.4) is 0 Å². The van der Waals surface area contributed by atoms with Crippen molar-refractivity contribution in [2.75, 3.05) is 18.0 Å². The lowest BCUT2D eigenvalue weighted by Crippen LogP contribution is -2.35. The number of aromatic amines is 1. The topological polar surface area (TPSA) is 57.7 Å². The molecule has 5 rings (SSSR count). The number of anilines is 1. The van der Waals surface area contributed by atoms with Crippen molar-refractivity contribution in [3.63, 3.8) is 0 Å². The molecule has 6 heteroatoms. The van der Waals surface area contributed by atoms with Crippen molar-refractivity contribution >= 4 is 28.5 Å². The van der Waals surface area contributed by atoms with Crippen LogP contribution in [0.5, 0.6) is 0 Å². The monoisotopic (exact) mass is 409 g/mol. The van der Waals surface area contributed by atoms with Gasteiger partial charge in [-0.05, 0) is 80.9 Å². The van der Waals surface area contributed by atoms with Crippen molar-refractivity contribution < 1.29 is 0 Å². The summed E-state index contributed by atoms with van der Waals surface area (Å²) < 4.78 is 0.